The van der Waals surface area contributed by atoms with E-state index in [0.717, 1.165) is 12.8 Å². The predicted octanol–water partition coefficient (Wildman–Crippen LogP) is 3.43. The van der Waals surface area contributed by atoms with Crippen LogP contribution in [0, 0.1) is 0 Å². The van der Waals surface area contributed by atoms with E-state index in [1.165, 1.54) is 18.2 Å². The lowest BCUT2D eigenvalue weighted by atomic mass is 10.3. The summed E-state index contributed by atoms with van der Waals surface area (Å²) in [4.78, 5) is 22.8. The highest BCUT2D eigenvalue weighted by molar-refractivity contribution is 5.85. The van der Waals surface area contributed by atoms with Gasteiger partial charge in [0.1, 0.15) is 11.5 Å². The summed E-state index contributed by atoms with van der Waals surface area (Å²) in [6.45, 7) is 3.85. The number of esters is 2. The third-order valence-corrected chi connectivity index (χ3v) is 2.22. The topological polar surface area (TPSA) is 52.6 Å². The van der Waals surface area contributed by atoms with Crippen molar-refractivity contribution in [2.45, 2.75) is 26.7 Å². The van der Waals surface area contributed by atoms with E-state index in [1.807, 2.05) is 13.8 Å². The number of carbonyl (C=O) groups excluding carboxylic acids is 2. The molecule has 106 valence electrons. The van der Waals surface area contributed by atoms with Crippen molar-refractivity contribution in [1.82, 2.24) is 0 Å². The van der Waals surface area contributed by atoms with Gasteiger partial charge < -0.3 is 9.47 Å². The summed E-state index contributed by atoms with van der Waals surface area (Å²) in [5.74, 6) is -0.247. The fourth-order valence-corrected chi connectivity index (χ4v) is 1.33. The van der Waals surface area contributed by atoms with Gasteiger partial charge in [0.05, 0.1) is 0 Å². The van der Waals surface area contributed by atoms with Crippen LogP contribution < -0.4 is 9.47 Å². The molecule has 0 saturated heterocycles. The van der Waals surface area contributed by atoms with Crippen molar-refractivity contribution in [3.05, 3.63) is 48.6 Å². The molecule has 1 aromatic carbocycles. The fraction of sp³-hybridized carbons (Fsp3) is 0.250. The molecule has 0 fully saturated rings. The van der Waals surface area contributed by atoms with E-state index in [1.54, 1.807) is 30.4 Å². The molecule has 0 aromatic heterocycles. The molecular formula is C16H18O4. The lowest BCUT2D eigenvalue weighted by Crippen LogP contribution is -2.06. The molecule has 4 heteroatoms. The van der Waals surface area contributed by atoms with Crippen molar-refractivity contribution in [1.29, 1.82) is 0 Å². The van der Waals surface area contributed by atoms with Crippen molar-refractivity contribution in [2.24, 2.45) is 0 Å². The number of carbonyl (C=O) groups is 2. The predicted molar refractivity (Wildman–Crippen MR) is 76.6 cm³/mol. The van der Waals surface area contributed by atoms with Crippen LogP contribution in [-0.4, -0.2) is 11.9 Å². The Hall–Kier alpha value is -2.36. The second kappa shape index (κ2) is 8.69. The summed E-state index contributed by atoms with van der Waals surface area (Å²) >= 11 is 0. The van der Waals surface area contributed by atoms with E-state index in [0.29, 0.717) is 11.5 Å². The maximum absolute atomic E-state index is 11.4. The highest BCUT2D eigenvalue weighted by Crippen LogP contribution is 2.19. The van der Waals surface area contributed by atoms with Crippen LogP contribution in [0.25, 0.3) is 0 Å². The minimum atomic E-state index is -0.457. The minimum Gasteiger partial charge on any atom is -0.423 e. The summed E-state index contributed by atoms with van der Waals surface area (Å²) in [5, 5.41) is 0. The van der Waals surface area contributed by atoms with Crippen molar-refractivity contribution >= 4 is 11.9 Å². The molecule has 0 amide bonds. The van der Waals surface area contributed by atoms with Crippen LogP contribution in [0.1, 0.15) is 26.7 Å². The zero-order chi connectivity index (χ0) is 14.8. The average molecular weight is 274 g/mol. The monoisotopic (exact) mass is 274 g/mol. The Morgan fingerprint density at radius 1 is 0.950 bits per heavy atom. The van der Waals surface area contributed by atoms with Gasteiger partial charge in [0.25, 0.3) is 0 Å². The Bertz CT molecular complexity index is 472. The standard InChI is InChI=1S/C16H18O4/c1-3-5-10-15(17)19-13-8-7-9-14(12-13)20-16(18)11-6-4-2/h5-12H,3-4H2,1-2H3/b10-5+,11-6+. The summed E-state index contributed by atoms with van der Waals surface area (Å²) in [6, 6.07) is 6.39. The Balaban J connectivity index is 2.66. The molecule has 0 aliphatic carbocycles. The first-order chi connectivity index (χ1) is 9.65. The van der Waals surface area contributed by atoms with Crippen LogP contribution in [0.3, 0.4) is 0 Å². The molecule has 0 radical (unpaired) electrons. The number of hydrogen-bond acceptors (Lipinski definition) is 4. The molecule has 20 heavy (non-hydrogen) atoms. The second-order valence-corrected chi connectivity index (χ2v) is 3.94. The van der Waals surface area contributed by atoms with E-state index in [9.17, 15) is 9.59 Å². The van der Waals surface area contributed by atoms with Gasteiger partial charge in [-0.3, -0.25) is 0 Å². The van der Waals surface area contributed by atoms with Gasteiger partial charge in [0.15, 0.2) is 0 Å². The number of hydrogen-bond donors (Lipinski definition) is 0. The normalized spacial score (nSPS) is 10.9. The van der Waals surface area contributed by atoms with Gasteiger partial charge in [-0.05, 0) is 25.0 Å². The van der Waals surface area contributed by atoms with Gasteiger partial charge in [0, 0.05) is 18.2 Å². The molecule has 0 saturated carbocycles. The van der Waals surface area contributed by atoms with Crippen LogP contribution in [0.5, 0.6) is 11.5 Å². The molecule has 0 aliphatic rings. The van der Waals surface area contributed by atoms with Crippen LogP contribution in [0.15, 0.2) is 48.6 Å². The minimum absolute atomic E-state index is 0.334. The van der Waals surface area contributed by atoms with E-state index >= 15 is 0 Å². The Kier molecular flexibility index (Phi) is 6.82. The maximum Gasteiger partial charge on any atom is 0.335 e. The van der Waals surface area contributed by atoms with Crippen molar-refractivity contribution in [3.63, 3.8) is 0 Å². The van der Waals surface area contributed by atoms with E-state index in [2.05, 4.69) is 0 Å². The molecule has 0 spiro atoms. The van der Waals surface area contributed by atoms with Gasteiger partial charge >= 0.3 is 11.9 Å². The Morgan fingerprint density at radius 3 is 1.80 bits per heavy atom. The van der Waals surface area contributed by atoms with Crippen molar-refractivity contribution in [3.8, 4) is 11.5 Å². The van der Waals surface area contributed by atoms with Crippen LogP contribution in [-0.2, 0) is 9.59 Å². The van der Waals surface area contributed by atoms with Crippen molar-refractivity contribution < 1.29 is 19.1 Å². The van der Waals surface area contributed by atoms with Crippen LogP contribution in [0.2, 0.25) is 0 Å². The molecule has 1 aromatic rings. The van der Waals surface area contributed by atoms with Crippen LogP contribution >= 0.6 is 0 Å². The highest BCUT2D eigenvalue weighted by Gasteiger charge is 2.04. The zero-order valence-electron chi connectivity index (χ0n) is 11.7. The summed E-state index contributed by atoms with van der Waals surface area (Å²) in [5.41, 5.74) is 0. The lowest BCUT2D eigenvalue weighted by molar-refractivity contribution is -0.129. The summed E-state index contributed by atoms with van der Waals surface area (Å²) < 4.78 is 10.2. The molecule has 4 nitrogen and oxygen atoms in total. The number of allylic oxidation sites excluding steroid dienone is 2. The first-order valence-electron chi connectivity index (χ1n) is 6.52. The third kappa shape index (κ3) is 6.00. The molecule has 0 heterocycles. The SMILES string of the molecule is CC/C=C/C(=O)Oc1cccc(OC(=O)/C=C/CC)c1. The first-order valence-corrected chi connectivity index (χ1v) is 6.52. The smallest absolute Gasteiger partial charge is 0.335 e. The van der Waals surface area contributed by atoms with E-state index in [4.69, 9.17) is 9.47 Å². The highest BCUT2D eigenvalue weighted by atomic mass is 16.5. The first kappa shape index (κ1) is 15.7. The van der Waals surface area contributed by atoms with Gasteiger partial charge in [-0.2, -0.15) is 0 Å². The summed E-state index contributed by atoms with van der Waals surface area (Å²) in [7, 11) is 0. The van der Waals surface area contributed by atoms with E-state index < -0.39 is 11.9 Å². The molecule has 1 rings (SSSR count). The molecule has 0 N–H and O–H groups in total. The number of benzene rings is 1. The van der Waals surface area contributed by atoms with Gasteiger partial charge in [-0.1, -0.05) is 32.1 Å². The van der Waals surface area contributed by atoms with Gasteiger partial charge in [-0.15, -0.1) is 0 Å². The average Bonchev–Trinajstić information content (AvgIpc) is 2.43. The summed E-state index contributed by atoms with van der Waals surface area (Å²) in [6.07, 6.45) is 7.67. The third-order valence-electron chi connectivity index (χ3n) is 2.22. The van der Waals surface area contributed by atoms with Gasteiger partial charge in [0.2, 0.25) is 0 Å². The number of rotatable bonds is 6. The maximum atomic E-state index is 11.4. The molecule has 0 atom stereocenters. The molecule has 0 unspecified atom stereocenters. The number of ether oxygens (including phenoxy) is 2. The quantitative estimate of drug-likeness (QED) is 0.453. The van der Waals surface area contributed by atoms with Crippen LogP contribution in [0.4, 0.5) is 0 Å². The lowest BCUT2D eigenvalue weighted by Gasteiger charge is -2.04. The molecule has 0 bridgehead atoms. The van der Waals surface area contributed by atoms with Gasteiger partial charge in [-0.25, -0.2) is 9.59 Å². The van der Waals surface area contributed by atoms with Crippen molar-refractivity contribution in [2.75, 3.05) is 0 Å². The Morgan fingerprint density at radius 2 is 1.40 bits per heavy atom. The Labute approximate surface area is 118 Å². The zero-order valence-corrected chi connectivity index (χ0v) is 11.7. The molecule has 0 aliphatic heterocycles. The van der Waals surface area contributed by atoms with E-state index in [-0.39, 0.29) is 0 Å². The fourth-order valence-electron chi connectivity index (χ4n) is 1.33. The molecular weight excluding hydrogens is 256 g/mol. The second-order valence-electron chi connectivity index (χ2n) is 3.94. The largest absolute Gasteiger partial charge is 0.423 e.